The zero-order valence-electron chi connectivity index (χ0n) is 11.3. The molecule has 0 fully saturated rings. The summed E-state index contributed by atoms with van der Waals surface area (Å²) in [5.41, 5.74) is 6.61. The molecular formula is C13H16N2O4S2. The minimum Gasteiger partial charge on any atom is -0.495 e. The molecule has 1 aromatic carbocycles. The van der Waals surface area contributed by atoms with Crippen molar-refractivity contribution >= 4 is 27.0 Å². The van der Waals surface area contributed by atoms with E-state index in [1.54, 1.807) is 11.4 Å². The van der Waals surface area contributed by atoms with Crippen LogP contribution in [0.2, 0.25) is 0 Å². The number of benzene rings is 1. The van der Waals surface area contributed by atoms with E-state index in [2.05, 4.69) is 4.72 Å². The normalized spacial score (nSPS) is 13.0. The molecular weight excluding hydrogens is 312 g/mol. The molecule has 2 aromatic rings. The first-order valence-corrected chi connectivity index (χ1v) is 8.50. The first kappa shape index (κ1) is 15.8. The molecule has 0 amide bonds. The van der Waals surface area contributed by atoms with Gasteiger partial charge >= 0.3 is 0 Å². The molecule has 0 aliphatic rings. The molecule has 1 atom stereocenters. The number of nitrogen functional groups attached to an aromatic ring is 1. The third kappa shape index (κ3) is 3.73. The minimum atomic E-state index is -3.74. The van der Waals surface area contributed by atoms with Gasteiger partial charge in [0.25, 0.3) is 0 Å². The van der Waals surface area contributed by atoms with Gasteiger partial charge in [0, 0.05) is 6.54 Å². The fourth-order valence-electron chi connectivity index (χ4n) is 1.73. The number of ether oxygens (including phenoxy) is 1. The van der Waals surface area contributed by atoms with Gasteiger partial charge < -0.3 is 15.6 Å². The minimum absolute atomic E-state index is 0.0262. The highest BCUT2D eigenvalue weighted by atomic mass is 32.2. The van der Waals surface area contributed by atoms with Crippen molar-refractivity contribution in [3.05, 3.63) is 40.6 Å². The molecule has 0 saturated heterocycles. The number of nitrogens with one attached hydrogen (secondary N) is 1. The number of rotatable bonds is 6. The molecule has 0 radical (unpaired) electrons. The summed E-state index contributed by atoms with van der Waals surface area (Å²) in [7, 11) is -2.28. The summed E-state index contributed by atoms with van der Waals surface area (Å²) in [5.74, 6) is 0.409. The average Bonchev–Trinajstić information content (AvgIpc) is 2.99. The van der Waals surface area contributed by atoms with Gasteiger partial charge in [-0.1, -0.05) is 0 Å². The van der Waals surface area contributed by atoms with Crippen molar-refractivity contribution in [2.24, 2.45) is 0 Å². The summed E-state index contributed by atoms with van der Waals surface area (Å²) < 4.78 is 31.6. The van der Waals surface area contributed by atoms with E-state index in [1.165, 1.54) is 36.6 Å². The lowest BCUT2D eigenvalue weighted by molar-refractivity contribution is 0.182. The fraction of sp³-hybridized carbons (Fsp3) is 0.231. The van der Waals surface area contributed by atoms with Crippen LogP contribution in [-0.4, -0.2) is 27.2 Å². The van der Waals surface area contributed by atoms with Crippen molar-refractivity contribution < 1.29 is 18.3 Å². The molecule has 0 aliphatic carbocycles. The van der Waals surface area contributed by atoms with Crippen LogP contribution in [0, 0.1) is 0 Å². The monoisotopic (exact) mass is 328 g/mol. The van der Waals surface area contributed by atoms with E-state index in [0.717, 1.165) is 0 Å². The van der Waals surface area contributed by atoms with E-state index in [-0.39, 0.29) is 17.1 Å². The predicted octanol–water partition coefficient (Wildman–Crippen LogP) is 1.35. The number of thiophene rings is 1. The molecule has 0 saturated carbocycles. The predicted molar refractivity (Wildman–Crippen MR) is 81.9 cm³/mol. The first-order valence-electron chi connectivity index (χ1n) is 6.07. The lowest BCUT2D eigenvalue weighted by atomic mass is 10.2. The summed E-state index contributed by atoms with van der Waals surface area (Å²) in [6.45, 7) is -0.106. The van der Waals surface area contributed by atoms with E-state index in [0.29, 0.717) is 11.3 Å². The van der Waals surface area contributed by atoms with Crippen LogP contribution in [0.15, 0.2) is 39.9 Å². The first-order chi connectivity index (χ1) is 9.94. The maximum Gasteiger partial charge on any atom is 0.240 e. The van der Waals surface area contributed by atoms with Gasteiger partial charge in [0.1, 0.15) is 5.75 Å². The Morgan fingerprint density at radius 1 is 1.43 bits per heavy atom. The van der Waals surface area contributed by atoms with Crippen LogP contribution in [0.4, 0.5) is 5.69 Å². The SMILES string of the molecule is COc1ccc(S(=O)(=O)NCC(O)c2ccsc2)cc1N. The molecule has 0 spiro atoms. The zero-order valence-corrected chi connectivity index (χ0v) is 12.9. The molecule has 0 aliphatic heterocycles. The number of methoxy groups -OCH3 is 1. The summed E-state index contributed by atoms with van der Waals surface area (Å²) in [6, 6.07) is 5.95. The standard InChI is InChI=1S/C13H16N2O4S2/c1-19-13-3-2-10(6-11(13)14)21(17,18)15-7-12(16)9-4-5-20-8-9/h2-6,8,12,15-16H,7,14H2,1H3. The fourth-order valence-corrected chi connectivity index (χ4v) is 3.51. The third-order valence-electron chi connectivity index (χ3n) is 2.91. The van der Waals surface area contributed by atoms with E-state index in [1.807, 2.05) is 5.38 Å². The van der Waals surface area contributed by atoms with Gasteiger partial charge in [-0.05, 0) is 40.6 Å². The maximum absolute atomic E-state index is 12.1. The largest absolute Gasteiger partial charge is 0.495 e. The molecule has 8 heteroatoms. The van der Waals surface area contributed by atoms with Gasteiger partial charge in [-0.3, -0.25) is 0 Å². The summed E-state index contributed by atoms with van der Waals surface area (Å²) in [5, 5.41) is 13.5. The second-order valence-corrected chi connectivity index (χ2v) is 6.88. The molecule has 114 valence electrons. The number of sulfonamides is 1. The van der Waals surface area contributed by atoms with Gasteiger partial charge in [0.2, 0.25) is 10.0 Å². The molecule has 4 N–H and O–H groups in total. The van der Waals surface area contributed by atoms with Crippen LogP contribution in [-0.2, 0) is 10.0 Å². The highest BCUT2D eigenvalue weighted by Gasteiger charge is 2.18. The highest BCUT2D eigenvalue weighted by molar-refractivity contribution is 7.89. The molecule has 1 unspecified atom stereocenters. The number of anilines is 1. The summed E-state index contributed by atoms with van der Waals surface area (Å²) >= 11 is 1.44. The van der Waals surface area contributed by atoms with Crippen molar-refractivity contribution in [1.29, 1.82) is 0 Å². The smallest absolute Gasteiger partial charge is 0.240 e. The van der Waals surface area contributed by atoms with Crippen LogP contribution in [0.1, 0.15) is 11.7 Å². The maximum atomic E-state index is 12.1. The topological polar surface area (TPSA) is 102 Å². The van der Waals surface area contributed by atoms with Crippen LogP contribution in [0.5, 0.6) is 5.75 Å². The second kappa shape index (κ2) is 6.44. The van der Waals surface area contributed by atoms with Gasteiger partial charge in [0.05, 0.1) is 23.8 Å². The number of nitrogens with two attached hydrogens (primary N) is 1. The van der Waals surface area contributed by atoms with E-state index >= 15 is 0 Å². The van der Waals surface area contributed by atoms with Gasteiger partial charge in [-0.15, -0.1) is 0 Å². The lowest BCUT2D eigenvalue weighted by Crippen LogP contribution is -2.28. The Balaban J connectivity index is 2.10. The van der Waals surface area contributed by atoms with Gasteiger partial charge in [0.15, 0.2) is 0 Å². The number of hydrogen-bond donors (Lipinski definition) is 3. The Labute approximate surface area is 127 Å². The van der Waals surface area contributed by atoms with Crippen LogP contribution in [0.25, 0.3) is 0 Å². The molecule has 1 heterocycles. The van der Waals surface area contributed by atoms with Crippen LogP contribution in [0.3, 0.4) is 0 Å². The zero-order chi connectivity index (χ0) is 15.5. The van der Waals surface area contributed by atoms with Crippen molar-refractivity contribution in [2.75, 3.05) is 19.4 Å². The van der Waals surface area contributed by atoms with E-state index in [4.69, 9.17) is 10.5 Å². The van der Waals surface area contributed by atoms with E-state index < -0.39 is 16.1 Å². The quantitative estimate of drug-likeness (QED) is 0.695. The van der Waals surface area contributed by atoms with Gasteiger partial charge in [-0.2, -0.15) is 11.3 Å². The average molecular weight is 328 g/mol. The highest BCUT2D eigenvalue weighted by Crippen LogP contribution is 2.24. The third-order valence-corrected chi connectivity index (χ3v) is 5.03. The van der Waals surface area contributed by atoms with Crippen molar-refractivity contribution in [3.63, 3.8) is 0 Å². The van der Waals surface area contributed by atoms with Crippen molar-refractivity contribution in [1.82, 2.24) is 4.72 Å². The number of aliphatic hydroxyl groups excluding tert-OH is 1. The Bertz CT molecular complexity index is 699. The Hall–Kier alpha value is -1.61. The molecule has 21 heavy (non-hydrogen) atoms. The Kier molecular flexibility index (Phi) is 4.84. The van der Waals surface area contributed by atoms with Crippen molar-refractivity contribution in [3.8, 4) is 5.75 Å². The molecule has 1 aromatic heterocycles. The van der Waals surface area contributed by atoms with Crippen LogP contribution >= 0.6 is 11.3 Å². The second-order valence-electron chi connectivity index (χ2n) is 4.33. The molecule has 0 bridgehead atoms. The summed E-state index contributed by atoms with van der Waals surface area (Å²) in [4.78, 5) is 0.0262. The van der Waals surface area contributed by atoms with Crippen molar-refractivity contribution in [2.45, 2.75) is 11.0 Å². The Morgan fingerprint density at radius 2 is 2.19 bits per heavy atom. The van der Waals surface area contributed by atoms with E-state index in [9.17, 15) is 13.5 Å². The summed E-state index contributed by atoms with van der Waals surface area (Å²) in [6.07, 6.45) is -0.887. The number of hydrogen-bond acceptors (Lipinski definition) is 6. The van der Waals surface area contributed by atoms with Gasteiger partial charge in [-0.25, -0.2) is 13.1 Å². The lowest BCUT2D eigenvalue weighted by Gasteiger charge is -2.12. The number of aliphatic hydroxyl groups is 1. The van der Waals surface area contributed by atoms with Crippen LogP contribution < -0.4 is 15.2 Å². The molecule has 2 rings (SSSR count). The Morgan fingerprint density at radius 3 is 2.76 bits per heavy atom. The molecule has 6 nitrogen and oxygen atoms in total.